The van der Waals surface area contributed by atoms with Crippen molar-refractivity contribution in [1.82, 2.24) is 4.98 Å². The first-order chi connectivity index (χ1) is 7.34. The molecule has 0 unspecified atom stereocenters. The first kappa shape index (κ1) is 10.9. The van der Waals surface area contributed by atoms with Crippen molar-refractivity contribution in [2.75, 3.05) is 4.93 Å². The third kappa shape index (κ3) is 1.88. The summed E-state index contributed by atoms with van der Waals surface area (Å²) < 4.78 is 5.63. The van der Waals surface area contributed by atoms with Gasteiger partial charge in [-0.1, -0.05) is 46.1 Å². The first-order valence-electron chi connectivity index (χ1n) is 4.47. The molecule has 0 N–H and O–H groups in total. The Kier molecular flexibility index (Phi) is 3.25. The van der Waals surface area contributed by atoms with Gasteiger partial charge in [-0.25, -0.2) is 4.98 Å². The fraction of sp³-hybridized carbons (Fsp3) is 0.182. The van der Waals surface area contributed by atoms with Gasteiger partial charge in [-0.3, -0.25) is 0 Å². The number of hydrogen-bond acceptors (Lipinski definition) is 3. The Hall–Kier alpha value is -0.620. The van der Waals surface area contributed by atoms with E-state index in [1.165, 1.54) is 0 Å². The number of para-hydroxylation sites is 1. The fourth-order valence-corrected chi connectivity index (χ4v) is 2.29. The summed E-state index contributed by atoms with van der Waals surface area (Å²) in [7, 11) is 0. The van der Waals surface area contributed by atoms with Crippen molar-refractivity contribution >= 4 is 55.3 Å². The van der Waals surface area contributed by atoms with Gasteiger partial charge in [0.25, 0.3) is 0 Å². The molecular weight excluding hydrogens is 321 g/mol. The van der Waals surface area contributed by atoms with E-state index in [2.05, 4.69) is 27.6 Å². The van der Waals surface area contributed by atoms with Gasteiger partial charge in [-0.2, -0.15) is 0 Å². The molecule has 3 rings (SSSR count). The normalized spacial score (nSPS) is 10.3. The van der Waals surface area contributed by atoms with Crippen molar-refractivity contribution in [1.29, 1.82) is 0 Å². The summed E-state index contributed by atoms with van der Waals surface area (Å²) in [5.41, 5.74) is 1.93. The lowest BCUT2D eigenvalue weighted by molar-refractivity contribution is 0.677. The number of halogens is 1. The fourth-order valence-electron chi connectivity index (χ4n) is 1.50. The van der Waals surface area contributed by atoms with E-state index >= 15 is 0 Å². The minimum Gasteiger partial charge on any atom is -0.444 e. The van der Waals surface area contributed by atoms with Crippen LogP contribution in [0.15, 0.2) is 28.7 Å². The Balaban J connectivity index is 0.000000404. The van der Waals surface area contributed by atoms with E-state index < -0.39 is 0 Å². The Morgan fingerprint density at radius 3 is 2.80 bits per heavy atom. The molecule has 0 amide bonds. The number of benzene rings is 1. The van der Waals surface area contributed by atoms with Crippen LogP contribution in [-0.2, 0) is 0 Å². The highest BCUT2D eigenvalue weighted by molar-refractivity contribution is 14.1. The molecule has 2 nitrogen and oxygen atoms in total. The molecule has 15 heavy (non-hydrogen) atoms. The zero-order valence-electron chi connectivity index (χ0n) is 8.45. The third-order valence-electron chi connectivity index (χ3n) is 2.05. The molecule has 3 aromatic rings. The number of fused-ring (bicyclic) bond motifs is 3. The van der Waals surface area contributed by atoms with Crippen molar-refractivity contribution in [3.63, 3.8) is 0 Å². The van der Waals surface area contributed by atoms with Crippen LogP contribution < -0.4 is 0 Å². The van der Waals surface area contributed by atoms with E-state index in [1.54, 1.807) is 11.3 Å². The molecule has 0 saturated carbocycles. The monoisotopic (exact) mass is 331 g/mol. The number of furan rings is 1. The summed E-state index contributed by atoms with van der Waals surface area (Å²) in [5.74, 6) is 0. The second kappa shape index (κ2) is 4.49. The predicted octanol–water partition coefficient (Wildman–Crippen LogP) is 4.40. The smallest absolute Gasteiger partial charge is 0.209 e. The van der Waals surface area contributed by atoms with Gasteiger partial charge in [0.2, 0.25) is 4.90 Å². The van der Waals surface area contributed by atoms with Gasteiger partial charge in [0, 0.05) is 5.39 Å². The van der Waals surface area contributed by atoms with Crippen molar-refractivity contribution in [3.05, 3.63) is 29.3 Å². The number of hydrogen-bond donors (Lipinski definition) is 0. The summed E-state index contributed by atoms with van der Waals surface area (Å²) in [6.07, 6.45) is 0. The maximum atomic E-state index is 5.63. The van der Waals surface area contributed by atoms with Crippen LogP contribution in [0.25, 0.3) is 21.4 Å². The topological polar surface area (TPSA) is 26.0 Å². The van der Waals surface area contributed by atoms with Crippen LogP contribution in [-0.4, -0.2) is 9.91 Å². The number of thiazole rings is 1. The zero-order valence-corrected chi connectivity index (χ0v) is 11.4. The third-order valence-corrected chi connectivity index (χ3v) is 2.90. The summed E-state index contributed by atoms with van der Waals surface area (Å²) in [5, 5.41) is 2.17. The van der Waals surface area contributed by atoms with Crippen LogP contribution >= 0.6 is 33.9 Å². The quantitative estimate of drug-likeness (QED) is 0.451. The molecule has 2 aromatic heterocycles. The molecule has 0 aliphatic rings. The van der Waals surface area contributed by atoms with Crippen LogP contribution in [0.5, 0.6) is 0 Å². The van der Waals surface area contributed by atoms with Gasteiger partial charge >= 0.3 is 0 Å². The van der Waals surface area contributed by atoms with E-state index in [9.17, 15) is 0 Å². The predicted molar refractivity (Wildman–Crippen MR) is 74.1 cm³/mol. The maximum Gasteiger partial charge on any atom is 0.209 e. The zero-order chi connectivity index (χ0) is 10.8. The van der Waals surface area contributed by atoms with Gasteiger partial charge in [-0.05, 0) is 24.0 Å². The molecule has 0 saturated heterocycles. The maximum absolute atomic E-state index is 5.63. The molecule has 2 heterocycles. The molecular formula is C11H10INOS. The standard InChI is InChI=1S/C10H7NOS.CH3I/c1-6-11-9-7-4-2-3-5-8(7)12-10(9)13-6;1-2/h2-5H,1H3;1H3. The van der Waals surface area contributed by atoms with Gasteiger partial charge < -0.3 is 4.42 Å². The van der Waals surface area contributed by atoms with Crippen LogP contribution in [0.4, 0.5) is 0 Å². The van der Waals surface area contributed by atoms with Crippen LogP contribution in [0.2, 0.25) is 0 Å². The van der Waals surface area contributed by atoms with Gasteiger partial charge in [0.05, 0.1) is 5.01 Å². The van der Waals surface area contributed by atoms with E-state index in [-0.39, 0.29) is 0 Å². The van der Waals surface area contributed by atoms with E-state index in [4.69, 9.17) is 4.42 Å². The molecule has 0 fully saturated rings. The number of aromatic nitrogens is 1. The lowest BCUT2D eigenvalue weighted by Crippen LogP contribution is -1.67. The minimum absolute atomic E-state index is 0.927. The summed E-state index contributed by atoms with van der Waals surface area (Å²) in [6, 6.07) is 7.99. The molecule has 0 aliphatic carbocycles. The number of alkyl halides is 1. The number of nitrogens with zero attached hydrogens (tertiary/aromatic N) is 1. The Bertz CT molecular complexity index is 584. The molecule has 4 heteroatoms. The van der Waals surface area contributed by atoms with Crippen LogP contribution in [0.3, 0.4) is 0 Å². The highest BCUT2D eigenvalue weighted by Crippen LogP contribution is 2.31. The van der Waals surface area contributed by atoms with Crippen molar-refractivity contribution in [3.8, 4) is 0 Å². The number of aryl methyl sites for hydroxylation is 1. The first-order valence-corrected chi connectivity index (χ1v) is 7.44. The van der Waals surface area contributed by atoms with Crippen molar-refractivity contribution in [2.45, 2.75) is 6.92 Å². The van der Waals surface area contributed by atoms with Gasteiger partial charge in [-0.15, -0.1) is 0 Å². The van der Waals surface area contributed by atoms with E-state index in [0.29, 0.717) is 0 Å². The average Bonchev–Trinajstić information content (AvgIpc) is 2.77. The lowest BCUT2D eigenvalue weighted by atomic mass is 10.2. The molecule has 0 bridgehead atoms. The Morgan fingerprint density at radius 1 is 1.27 bits per heavy atom. The molecule has 0 spiro atoms. The molecule has 0 radical (unpaired) electrons. The van der Waals surface area contributed by atoms with Crippen molar-refractivity contribution < 1.29 is 4.42 Å². The summed E-state index contributed by atoms with van der Waals surface area (Å²) in [6.45, 7) is 2.00. The second-order valence-corrected chi connectivity index (χ2v) is 4.13. The molecule has 0 atom stereocenters. The lowest BCUT2D eigenvalue weighted by Gasteiger charge is -1.84. The Labute approximate surface area is 105 Å². The molecule has 1 aromatic carbocycles. The highest BCUT2D eigenvalue weighted by Gasteiger charge is 2.09. The number of rotatable bonds is 0. The molecule has 78 valence electrons. The second-order valence-electron chi connectivity index (χ2n) is 2.97. The van der Waals surface area contributed by atoms with Crippen LogP contribution in [0, 0.1) is 6.92 Å². The van der Waals surface area contributed by atoms with Gasteiger partial charge in [0.1, 0.15) is 11.1 Å². The minimum atomic E-state index is 0.927. The van der Waals surface area contributed by atoms with Crippen LogP contribution in [0.1, 0.15) is 5.01 Å². The van der Waals surface area contributed by atoms with Crippen molar-refractivity contribution in [2.24, 2.45) is 0 Å². The highest BCUT2D eigenvalue weighted by atomic mass is 127. The summed E-state index contributed by atoms with van der Waals surface area (Å²) in [4.78, 5) is 7.33. The van der Waals surface area contributed by atoms with Gasteiger partial charge in [0.15, 0.2) is 0 Å². The largest absolute Gasteiger partial charge is 0.444 e. The van der Waals surface area contributed by atoms with E-state index in [1.807, 2.05) is 36.1 Å². The molecule has 0 aliphatic heterocycles. The average molecular weight is 331 g/mol. The summed E-state index contributed by atoms with van der Waals surface area (Å²) >= 11 is 3.75. The Morgan fingerprint density at radius 2 is 2.00 bits per heavy atom. The SMILES string of the molecule is CI.Cc1nc2c(oc3ccccc32)s1. The van der Waals surface area contributed by atoms with E-state index in [0.717, 1.165) is 26.4 Å².